The predicted molar refractivity (Wildman–Crippen MR) is 86.0 cm³/mol. The molecule has 19 heavy (non-hydrogen) atoms. The van der Waals surface area contributed by atoms with Crippen LogP contribution in [0.5, 0.6) is 0 Å². The maximum Gasteiger partial charge on any atom is 0.0965 e. The third-order valence-electron chi connectivity index (χ3n) is 3.10. The molecule has 0 aliphatic heterocycles. The lowest BCUT2D eigenvalue weighted by Crippen LogP contribution is -2.26. The van der Waals surface area contributed by atoms with Gasteiger partial charge in [0.05, 0.1) is 5.03 Å². The van der Waals surface area contributed by atoms with Gasteiger partial charge in [0.1, 0.15) is 0 Å². The van der Waals surface area contributed by atoms with E-state index in [2.05, 4.69) is 50.1 Å². The molecule has 1 heterocycles. The number of aryl methyl sites for hydroxylation is 2. The first kappa shape index (κ1) is 16.5. The first-order valence-electron chi connectivity index (χ1n) is 7.43. The molecule has 0 aliphatic rings. The Bertz CT molecular complexity index is 346. The van der Waals surface area contributed by atoms with Gasteiger partial charge in [-0.3, -0.25) is 0 Å². The van der Waals surface area contributed by atoms with Crippen molar-refractivity contribution in [3.63, 3.8) is 0 Å². The topological polar surface area (TPSA) is 24.9 Å². The Hall–Kier alpha value is -0.540. The highest BCUT2D eigenvalue weighted by Gasteiger charge is 2.01. The highest BCUT2D eigenvalue weighted by molar-refractivity contribution is 7.99. The molecule has 0 saturated heterocycles. The van der Waals surface area contributed by atoms with Crippen LogP contribution in [0.25, 0.3) is 0 Å². The van der Waals surface area contributed by atoms with Crippen LogP contribution in [0.4, 0.5) is 0 Å². The molecule has 1 atom stereocenters. The fourth-order valence-electron chi connectivity index (χ4n) is 2.10. The Morgan fingerprint density at radius 3 is 2.74 bits per heavy atom. The van der Waals surface area contributed by atoms with Gasteiger partial charge in [-0.2, -0.15) is 0 Å². The smallest absolute Gasteiger partial charge is 0.0965 e. The summed E-state index contributed by atoms with van der Waals surface area (Å²) in [5.41, 5.74) is 2.44. The van der Waals surface area contributed by atoms with E-state index in [1.165, 1.54) is 42.0 Å². The Kier molecular flexibility index (Phi) is 8.15. The molecular weight excluding hydrogens is 252 g/mol. The van der Waals surface area contributed by atoms with E-state index in [0.717, 1.165) is 12.2 Å². The fraction of sp³-hybridized carbons (Fsp3) is 0.688. The summed E-state index contributed by atoms with van der Waals surface area (Å²) in [6.07, 6.45) is 5.08. The van der Waals surface area contributed by atoms with E-state index >= 15 is 0 Å². The first-order valence-corrected chi connectivity index (χ1v) is 8.42. The Morgan fingerprint density at radius 1 is 1.26 bits per heavy atom. The quantitative estimate of drug-likeness (QED) is 0.538. The van der Waals surface area contributed by atoms with E-state index in [9.17, 15) is 0 Å². The average Bonchev–Trinajstić information content (AvgIpc) is 2.34. The molecule has 0 saturated carbocycles. The van der Waals surface area contributed by atoms with Gasteiger partial charge in [0.25, 0.3) is 0 Å². The summed E-state index contributed by atoms with van der Waals surface area (Å²) >= 11 is 1.89. The third-order valence-corrected chi connectivity index (χ3v) is 4.10. The second-order valence-electron chi connectivity index (χ2n) is 5.32. The molecule has 0 aromatic carbocycles. The van der Waals surface area contributed by atoms with Crippen LogP contribution in [0.3, 0.4) is 0 Å². The van der Waals surface area contributed by atoms with Crippen molar-refractivity contribution in [1.82, 2.24) is 10.3 Å². The van der Waals surface area contributed by atoms with Gasteiger partial charge in [-0.1, -0.05) is 13.3 Å². The van der Waals surface area contributed by atoms with Crippen LogP contribution in [0.2, 0.25) is 0 Å². The number of nitrogens with one attached hydrogen (secondary N) is 1. The molecule has 108 valence electrons. The summed E-state index contributed by atoms with van der Waals surface area (Å²) < 4.78 is 0. The minimum Gasteiger partial charge on any atom is -0.314 e. The second kappa shape index (κ2) is 9.38. The zero-order valence-electron chi connectivity index (χ0n) is 12.8. The molecule has 0 radical (unpaired) electrons. The van der Waals surface area contributed by atoms with Crippen LogP contribution < -0.4 is 5.32 Å². The number of aromatic nitrogens is 1. The van der Waals surface area contributed by atoms with Crippen molar-refractivity contribution in [1.29, 1.82) is 0 Å². The van der Waals surface area contributed by atoms with Crippen molar-refractivity contribution < 1.29 is 0 Å². The highest BCUT2D eigenvalue weighted by atomic mass is 32.2. The third kappa shape index (κ3) is 7.58. The molecule has 0 fully saturated rings. The molecule has 1 aromatic rings. The average molecular weight is 280 g/mol. The molecule has 0 amide bonds. The number of thioether (sulfide) groups is 1. The van der Waals surface area contributed by atoms with E-state index in [1.54, 1.807) is 0 Å². The van der Waals surface area contributed by atoms with E-state index in [4.69, 9.17) is 0 Å². The first-order chi connectivity index (χ1) is 9.11. The Balaban J connectivity index is 2.13. The van der Waals surface area contributed by atoms with E-state index in [1.807, 2.05) is 11.8 Å². The predicted octanol–water partition coefficient (Wildman–Crippen LogP) is 4.35. The van der Waals surface area contributed by atoms with Gasteiger partial charge in [0.15, 0.2) is 0 Å². The molecule has 1 rings (SSSR count). The lowest BCUT2D eigenvalue weighted by molar-refractivity contribution is 0.496. The normalized spacial score (nSPS) is 12.6. The lowest BCUT2D eigenvalue weighted by Gasteiger charge is -2.12. The van der Waals surface area contributed by atoms with Gasteiger partial charge in [0.2, 0.25) is 0 Å². The van der Waals surface area contributed by atoms with Crippen molar-refractivity contribution in [2.45, 2.75) is 64.4 Å². The van der Waals surface area contributed by atoms with Crippen molar-refractivity contribution in [3.05, 3.63) is 23.4 Å². The number of nitrogens with zero attached hydrogens (tertiary/aromatic N) is 1. The summed E-state index contributed by atoms with van der Waals surface area (Å²) in [4.78, 5) is 4.56. The maximum atomic E-state index is 4.56. The van der Waals surface area contributed by atoms with Crippen molar-refractivity contribution in [2.75, 3.05) is 12.3 Å². The Morgan fingerprint density at radius 2 is 2.05 bits per heavy atom. The number of pyridine rings is 1. The minimum atomic E-state index is 0.657. The van der Waals surface area contributed by atoms with Crippen molar-refractivity contribution >= 4 is 11.8 Å². The summed E-state index contributed by atoms with van der Waals surface area (Å²) in [6, 6.07) is 4.97. The minimum absolute atomic E-state index is 0.657. The standard InChI is InChI=1S/C16H28N2S/c1-5-9-17-14(3)8-6-7-10-19-16-12-13(2)11-15(4)18-16/h11-12,14,17H,5-10H2,1-4H3. The number of hydrogen-bond acceptors (Lipinski definition) is 3. The van der Waals surface area contributed by atoms with Crippen LogP contribution >= 0.6 is 11.8 Å². The largest absolute Gasteiger partial charge is 0.314 e. The molecule has 1 N–H and O–H groups in total. The number of hydrogen-bond donors (Lipinski definition) is 1. The van der Waals surface area contributed by atoms with Gasteiger partial charge in [-0.15, -0.1) is 11.8 Å². The zero-order chi connectivity index (χ0) is 14.1. The molecule has 1 unspecified atom stereocenters. The van der Waals surface area contributed by atoms with Crippen LogP contribution in [-0.2, 0) is 0 Å². The van der Waals surface area contributed by atoms with Crippen LogP contribution in [0, 0.1) is 13.8 Å². The summed E-state index contributed by atoms with van der Waals surface area (Å²) in [6.45, 7) is 9.85. The zero-order valence-corrected chi connectivity index (χ0v) is 13.6. The van der Waals surface area contributed by atoms with Gasteiger partial charge >= 0.3 is 0 Å². The van der Waals surface area contributed by atoms with Crippen molar-refractivity contribution in [3.8, 4) is 0 Å². The van der Waals surface area contributed by atoms with E-state index in [-0.39, 0.29) is 0 Å². The monoisotopic (exact) mass is 280 g/mol. The van der Waals surface area contributed by atoms with Crippen LogP contribution in [-0.4, -0.2) is 23.3 Å². The molecule has 0 bridgehead atoms. The lowest BCUT2D eigenvalue weighted by atomic mass is 10.1. The number of rotatable bonds is 9. The van der Waals surface area contributed by atoms with Crippen LogP contribution in [0.15, 0.2) is 17.2 Å². The summed E-state index contributed by atoms with van der Waals surface area (Å²) in [5.74, 6) is 1.18. The van der Waals surface area contributed by atoms with Gasteiger partial charge < -0.3 is 5.32 Å². The molecule has 3 heteroatoms. The van der Waals surface area contributed by atoms with E-state index in [0.29, 0.717) is 6.04 Å². The number of unbranched alkanes of at least 4 members (excludes halogenated alkanes) is 1. The summed E-state index contributed by atoms with van der Waals surface area (Å²) in [5, 5.41) is 4.71. The highest BCUT2D eigenvalue weighted by Crippen LogP contribution is 2.19. The van der Waals surface area contributed by atoms with Crippen LogP contribution in [0.1, 0.15) is 50.8 Å². The molecule has 1 aromatic heterocycles. The van der Waals surface area contributed by atoms with E-state index < -0.39 is 0 Å². The van der Waals surface area contributed by atoms with Gasteiger partial charge in [-0.25, -0.2) is 4.98 Å². The van der Waals surface area contributed by atoms with Gasteiger partial charge in [0, 0.05) is 11.7 Å². The SMILES string of the molecule is CCCNC(C)CCCCSc1cc(C)cc(C)n1. The van der Waals surface area contributed by atoms with Gasteiger partial charge in [-0.05, 0) is 70.0 Å². The molecule has 0 spiro atoms. The molecule has 0 aliphatic carbocycles. The fourth-order valence-corrected chi connectivity index (χ4v) is 3.14. The second-order valence-corrected chi connectivity index (χ2v) is 6.44. The molecular formula is C16H28N2S. The molecule has 2 nitrogen and oxygen atoms in total. The summed E-state index contributed by atoms with van der Waals surface area (Å²) in [7, 11) is 0. The maximum absolute atomic E-state index is 4.56. The van der Waals surface area contributed by atoms with Crippen molar-refractivity contribution in [2.24, 2.45) is 0 Å². The Labute approximate surface area is 122 Å².